The highest BCUT2D eigenvalue weighted by Crippen LogP contribution is 2.37. The lowest BCUT2D eigenvalue weighted by Gasteiger charge is -2.22. The van der Waals surface area contributed by atoms with Crippen molar-refractivity contribution in [3.63, 3.8) is 0 Å². The van der Waals surface area contributed by atoms with Gasteiger partial charge in [-0.3, -0.25) is 9.69 Å². The van der Waals surface area contributed by atoms with Crippen molar-refractivity contribution in [3.05, 3.63) is 36.3 Å². The highest BCUT2D eigenvalue weighted by Gasteiger charge is 2.47. The Labute approximate surface area is 177 Å². The first-order valence-electron chi connectivity index (χ1n) is 9.77. The molecule has 8 nitrogen and oxygen atoms in total. The molecule has 13 heteroatoms. The molecule has 2 saturated heterocycles. The van der Waals surface area contributed by atoms with Gasteiger partial charge in [-0.25, -0.2) is 28.4 Å². The van der Waals surface area contributed by atoms with Crippen LogP contribution in [0.2, 0.25) is 0 Å². The number of amides is 1. The Morgan fingerprint density at radius 2 is 1.91 bits per heavy atom. The fourth-order valence-electron chi connectivity index (χ4n) is 4.26. The number of halogens is 5. The van der Waals surface area contributed by atoms with Crippen molar-refractivity contribution in [2.24, 2.45) is 11.8 Å². The molecule has 2 aliphatic heterocycles. The quantitative estimate of drug-likeness (QED) is 0.565. The summed E-state index contributed by atoms with van der Waals surface area (Å²) in [7, 11) is 0. The van der Waals surface area contributed by atoms with Crippen LogP contribution in [0.5, 0.6) is 0 Å². The maximum atomic E-state index is 13.0. The molecule has 32 heavy (non-hydrogen) atoms. The average Bonchev–Trinajstić information content (AvgIpc) is 3.42. The molecule has 0 saturated carbocycles. The van der Waals surface area contributed by atoms with Crippen molar-refractivity contribution in [1.82, 2.24) is 24.7 Å². The summed E-state index contributed by atoms with van der Waals surface area (Å²) < 4.78 is 65.6. The Morgan fingerprint density at radius 3 is 2.62 bits per heavy atom. The number of pyridine rings is 1. The number of fused-ring (bicyclic) bond motifs is 2. The van der Waals surface area contributed by atoms with Gasteiger partial charge in [-0.15, -0.1) is 0 Å². The third-order valence-electron chi connectivity index (χ3n) is 5.76. The highest BCUT2D eigenvalue weighted by atomic mass is 19.4. The highest BCUT2D eigenvalue weighted by molar-refractivity contribution is 5.98. The summed E-state index contributed by atoms with van der Waals surface area (Å²) >= 11 is 0. The standard InChI is InChI=1S/C19H16F5N7O/c20-14(21)9-31-17-13(4-27-31)26-5-16(28-17)30-7-10-6-29(8-12(10)18(30)32)15-3-11(1-2-25-15)19(22,23)24/h1-5,10,12,14H,6-9H2/t10-,12-/m1/s1. The molecule has 2 aliphatic rings. The summed E-state index contributed by atoms with van der Waals surface area (Å²) in [6.45, 7) is 0.245. The Kier molecular flexibility index (Phi) is 4.71. The van der Waals surface area contributed by atoms with Crippen molar-refractivity contribution in [2.75, 3.05) is 29.4 Å². The largest absolute Gasteiger partial charge is 0.416 e. The van der Waals surface area contributed by atoms with Gasteiger partial charge in [0.05, 0.1) is 23.9 Å². The van der Waals surface area contributed by atoms with Crippen LogP contribution in [0.15, 0.2) is 30.7 Å². The van der Waals surface area contributed by atoms with Crippen LogP contribution < -0.4 is 9.80 Å². The number of anilines is 2. The molecule has 0 spiro atoms. The second kappa shape index (κ2) is 7.35. The Morgan fingerprint density at radius 1 is 1.09 bits per heavy atom. The number of aromatic nitrogens is 5. The lowest BCUT2D eigenvalue weighted by Crippen LogP contribution is -2.33. The molecular weight excluding hydrogens is 437 g/mol. The van der Waals surface area contributed by atoms with E-state index in [-0.39, 0.29) is 35.7 Å². The van der Waals surface area contributed by atoms with E-state index in [2.05, 4.69) is 20.1 Å². The van der Waals surface area contributed by atoms with Crippen molar-refractivity contribution in [2.45, 2.75) is 19.1 Å². The van der Waals surface area contributed by atoms with Gasteiger partial charge in [-0.05, 0) is 12.1 Å². The first kappa shape index (κ1) is 20.5. The zero-order valence-corrected chi connectivity index (χ0v) is 16.4. The van der Waals surface area contributed by atoms with Gasteiger partial charge in [0.25, 0.3) is 6.43 Å². The van der Waals surface area contributed by atoms with Gasteiger partial charge < -0.3 is 4.90 Å². The van der Waals surface area contributed by atoms with Crippen LogP contribution in [0.4, 0.5) is 33.6 Å². The number of carbonyl (C=O) groups is 1. The molecule has 1 amide bonds. The molecule has 5 heterocycles. The second-order valence-electron chi connectivity index (χ2n) is 7.78. The first-order chi connectivity index (χ1) is 15.2. The van der Waals surface area contributed by atoms with Gasteiger partial charge in [0, 0.05) is 31.7 Å². The lowest BCUT2D eigenvalue weighted by molar-refractivity contribution is -0.137. The maximum Gasteiger partial charge on any atom is 0.416 e. The van der Waals surface area contributed by atoms with Crippen LogP contribution in [-0.4, -0.2) is 56.7 Å². The van der Waals surface area contributed by atoms with E-state index in [0.29, 0.717) is 18.6 Å². The second-order valence-corrected chi connectivity index (χ2v) is 7.78. The molecule has 3 aromatic heterocycles. The minimum absolute atomic E-state index is 0.137. The number of hydrogen-bond acceptors (Lipinski definition) is 6. The van der Waals surface area contributed by atoms with E-state index in [1.807, 2.05) is 0 Å². The van der Waals surface area contributed by atoms with E-state index in [1.165, 1.54) is 17.3 Å². The zero-order chi connectivity index (χ0) is 22.6. The topological polar surface area (TPSA) is 80.0 Å². The third-order valence-corrected chi connectivity index (χ3v) is 5.76. The number of carbonyl (C=O) groups excluding carboxylic acids is 1. The van der Waals surface area contributed by atoms with Crippen LogP contribution in [0.3, 0.4) is 0 Å². The van der Waals surface area contributed by atoms with Crippen LogP contribution in [0, 0.1) is 11.8 Å². The Hall–Kier alpha value is -3.38. The predicted molar refractivity (Wildman–Crippen MR) is 102 cm³/mol. The van der Waals surface area contributed by atoms with Gasteiger partial charge in [0.2, 0.25) is 5.91 Å². The van der Waals surface area contributed by atoms with E-state index in [4.69, 9.17) is 0 Å². The molecule has 0 aliphatic carbocycles. The monoisotopic (exact) mass is 453 g/mol. The minimum Gasteiger partial charge on any atom is -0.355 e. The van der Waals surface area contributed by atoms with Crippen molar-refractivity contribution in [1.29, 1.82) is 0 Å². The number of rotatable bonds is 4. The van der Waals surface area contributed by atoms with E-state index >= 15 is 0 Å². The number of hydrogen-bond donors (Lipinski definition) is 0. The molecule has 2 atom stereocenters. The van der Waals surface area contributed by atoms with Gasteiger partial charge in [0.15, 0.2) is 11.5 Å². The summed E-state index contributed by atoms with van der Waals surface area (Å²) in [5, 5.41) is 3.86. The predicted octanol–water partition coefficient (Wildman–Crippen LogP) is 2.60. The van der Waals surface area contributed by atoms with E-state index in [9.17, 15) is 26.7 Å². The molecule has 0 unspecified atom stereocenters. The molecular formula is C19H16F5N7O. The van der Waals surface area contributed by atoms with Crippen LogP contribution in [0.25, 0.3) is 11.2 Å². The molecule has 3 aromatic rings. The van der Waals surface area contributed by atoms with Crippen molar-refractivity contribution in [3.8, 4) is 0 Å². The van der Waals surface area contributed by atoms with Crippen LogP contribution >= 0.6 is 0 Å². The molecule has 168 valence electrons. The summed E-state index contributed by atoms with van der Waals surface area (Å²) in [4.78, 5) is 28.7. The van der Waals surface area contributed by atoms with Gasteiger partial charge >= 0.3 is 6.18 Å². The molecule has 2 fully saturated rings. The molecule has 0 radical (unpaired) electrons. The van der Waals surface area contributed by atoms with E-state index < -0.39 is 30.6 Å². The zero-order valence-electron chi connectivity index (χ0n) is 16.4. The fourth-order valence-corrected chi connectivity index (χ4v) is 4.26. The van der Waals surface area contributed by atoms with E-state index in [1.54, 1.807) is 4.90 Å². The summed E-state index contributed by atoms with van der Waals surface area (Å²) in [6, 6.07) is 1.88. The SMILES string of the molecule is O=C1[C@@H]2CN(c3cc(C(F)(F)F)ccn3)C[C@@H]2CN1c1cnc2cnn(CC(F)F)c2n1. The Balaban J connectivity index is 1.35. The Bertz CT molecular complexity index is 1180. The first-order valence-corrected chi connectivity index (χ1v) is 9.77. The third kappa shape index (κ3) is 3.50. The van der Waals surface area contributed by atoms with Crippen LogP contribution in [0.1, 0.15) is 5.56 Å². The fraction of sp³-hybridized carbons (Fsp3) is 0.421. The normalized spacial score (nSPS) is 21.2. The summed E-state index contributed by atoms with van der Waals surface area (Å²) in [5.41, 5.74) is -0.304. The summed E-state index contributed by atoms with van der Waals surface area (Å²) in [5.74, 6) is -0.405. The van der Waals surface area contributed by atoms with Gasteiger partial charge in [0.1, 0.15) is 17.9 Å². The molecule has 0 bridgehead atoms. The van der Waals surface area contributed by atoms with Crippen molar-refractivity contribution < 1.29 is 26.7 Å². The average molecular weight is 453 g/mol. The maximum absolute atomic E-state index is 13.0. The van der Waals surface area contributed by atoms with Crippen LogP contribution in [-0.2, 0) is 17.5 Å². The molecule has 0 aromatic carbocycles. The van der Waals surface area contributed by atoms with Gasteiger partial charge in [-0.2, -0.15) is 18.3 Å². The lowest BCUT2D eigenvalue weighted by atomic mass is 10.0. The van der Waals surface area contributed by atoms with E-state index in [0.717, 1.165) is 23.0 Å². The van der Waals surface area contributed by atoms with Gasteiger partial charge in [-0.1, -0.05) is 0 Å². The molecule has 0 N–H and O–H groups in total. The number of alkyl halides is 5. The smallest absolute Gasteiger partial charge is 0.355 e. The number of nitrogens with zero attached hydrogens (tertiary/aromatic N) is 7. The molecule has 5 rings (SSSR count). The summed E-state index contributed by atoms with van der Waals surface area (Å²) in [6.07, 6.45) is -3.27. The van der Waals surface area contributed by atoms with Crippen molar-refractivity contribution >= 4 is 28.7 Å². The minimum atomic E-state index is -4.48.